The van der Waals surface area contributed by atoms with Gasteiger partial charge in [-0.1, -0.05) is 5.16 Å². The van der Waals surface area contributed by atoms with Crippen molar-refractivity contribution in [2.75, 3.05) is 36.5 Å². The largest absolute Gasteiger partial charge is 0.338 e. The number of nitrogens with zero attached hydrogens (tertiary/aromatic N) is 2. The summed E-state index contributed by atoms with van der Waals surface area (Å²) in [6.07, 6.45) is 0. The first-order chi connectivity index (χ1) is 8.44. The van der Waals surface area contributed by atoms with Crippen molar-refractivity contribution in [2.24, 2.45) is 0 Å². The molecule has 0 atom stereocenters. The maximum absolute atomic E-state index is 11.7. The first-order valence-corrected chi connectivity index (χ1v) is 7.43. The van der Waals surface area contributed by atoms with Crippen molar-refractivity contribution in [3.8, 4) is 0 Å². The van der Waals surface area contributed by atoms with Crippen molar-refractivity contribution < 1.29 is 17.7 Å². The number of rotatable bonds is 3. The fourth-order valence-corrected chi connectivity index (χ4v) is 2.99. The van der Waals surface area contributed by atoms with Gasteiger partial charge in [-0.15, -0.1) is 0 Å². The molecule has 100 valence electrons. The molecule has 1 saturated heterocycles. The molecule has 1 aliphatic heterocycles. The summed E-state index contributed by atoms with van der Waals surface area (Å²) < 4.78 is 27.3. The number of sulfone groups is 1. The number of amides is 1. The minimum Gasteiger partial charge on any atom is -0.338 e. The average Bonchev–Trinajstić information content (AvgIpc) is 2.67. The number of aromatic nitrogens is 1. The monoisotopic (exact) mass is 273 g/mol. The van der Waals surface area contributed by atoms with E-state index in [2.05, 4.69) is 10.5 Å². The zero-order valence-corrected chi connectivity index (χ0v) is 10.9. The molecule has 0 saturated carbocycles. The van der Waals surface area contributed by atoms with Crippen LogP contribution in [0.3, 0.4) is 0 Å². The molecule has 1 aliphatic rings. The van der Waals surface area contributed by atoms with E-state index < -0.39 is 9.84 Å². The topological polar surface area (TPSA) is 92.5 Å². The molecule has 8 heteroatoms. The SMILES string of the molecule is Cc1cc(NC(=O)CN2CCS(=O)(=O)CC2)on1. The minimum atomic E-state index is -2.91. The van der Waals surface area contributed by atoms with Crippen molar-refractivity contribution in [3.63, 3.8) is 0 Å². The Morgan fingerprint density at radius 3 is 2.72 bits per heavy atom. The quantitative estimate of drug-likeness (QED) is 0.809. The number of nitrogens with one attached hydrogen (secondary N) is 1. The predicted molar refractivity (Wildman–Crippen MR) is 65.0 cm³/mol. The minimum absolute atomic E-state index is 0.113. The van der Waals surface area contributed by atoms with Crippen LogP contribution in [0.4, 0.5) is 5.88 Å². The second kappa shape index (κ2) is 5.07. The summed E-state index contributed by atoms with van der Waals surface area (Å²) in [7, 11) is -2.91. The van der Waals surface area contributed by atoms with Crippen molar-refractivity contribution in [3.05, 3.63) is 11.8 Å². The Kier molecular flexibility index (Phi) is 3.67. The van der Waals surface area contributed by atoms with E-state index in [9.17, 15) is 13.2 Å². The smallest absolute Gasteiger partial charge is 0.240 e. The van der Waals surface area contributed by atoms with Gasteiger partial charge in [0, 0.05) is 19.2 Å². The van der Waals surface area contributed by atoms with Crippen LogP contribution < -0.4 is 5.32 Å². The molecule has 0 bridgehead atoms. The molecule has 0 aromatic carbocycles. The van der Waals surface area contributed by atoms with Crippen LogP contribution in [0.5, 0.6) is 0 Å². The Hall–Kier alpha value is -1.41. The summed E-state index contributed by atoms with van der Waals surface area (Å²) >= 11 is 0. The summed E-state index contributed by atoms with van der Waals surface area (Å²) in [6.45, 7) is 2.71. The Labute approximate surface area is 105 Å². The lowest BCUT2D eigenvalue weighted by Crippen LogP contribution is -2.43. The first-order valence-electron chi connectivity index (χ1n) is 5.60. The van der Waals surface area contributed by atoms with Crippen molar-refractivity contribution in [1.29, 1.82) is 0 Å². The predicted octanol–water partition coefficient (Wildman–Crippen LogP) is -0.348. The molecular formula is C10H15N3O4S. The molecule has 7 nitrogen and oxygen atoms in total. The second-order valence-corrected chi connectivity index (χ2v) is 6.61. The summed E-state index contributed by atoms with van der Waals surface area (Å²) in [6, 6.07) is 1.62. The van der Waals surface area contributed by atoms with Crippen LogP contribution in [0.15, 0.2) is 10.6 Å². The van der Waals surface area contributed by atoms with Crippen molar-refractivity contribution in [1.82, 2.24) is 10.1 Å². The molecule has 0 unspecified atom stereocenters. The van der Waals surface area contributed by atoms with Gasteiger partial charge in [0.05, 0.1) is 23.7 Å². The lowest BCUT2D eigenvalue weighted by atomic mass is 10.4. The van der Waals surface area contributed by atoms with Gasteiger partial charge < -0.3 is 4.52 Å². The Morgan fingerprint density at radius 2 is 2.17 bits per heavy atom. The molecule has 2 heterocycles. The van der Waals surface area contributed by atoms with Crippen molar-refractivity contribution >= 4 is 21.6 Å². The zero-order chi connectivity index (χ0) is 13.2. The highest BCUT2D eigenvalue weighted by molar-refractivity contribution is 7.91. The number of carbonyl (C=O) groups excluding carboxylic acids is 1. The molecule has 1 amide bonds. The van der Waals surface area contributed by atoms with Gasteiger partial charge in [-0.3, -0.25) is 15.0 Å². The summed E-state index contributed by atoms with van der Waals surface area (Å²) in [5.41, 5.74) is 0.689. The Bertz CT molecular complexity index is 523. The highest BCUT2D eigenvalue weighted by Crippen LogP contribution is 2.09. The Morgan fingerprint density at radius 1 is 1.50 bits per heavy atom. The van der Waals surface area contributed by atoms with Crippen molar-refractivity contribution in [2.45, 2.75) is 6.92 Å². The third-order valence-corrected chi connectivity index (χ3v) is 4.30. The van der Waals surface area contributed by atoms with Gasteiger partial charge in [0.2, 0.25) is 11.8 Å². The highest BCUT2D eigenvalue weighted by Gasteiger charge is 2.23. The zero-order valence-electron chi connectivity index (χ0n) is 10.0. The van der Waals surface area contributed by atoms with Crippen LogP contribution in [0, 0.1) is 6.92 Å². The Balaban J connectivity index is 1.82. The molecule has 0 aliphatic carbocycles. The van der Waals surface area contributed by atoms with Crippen LogP contribution in [-0.4, -0.2) is 55.5 Å². The highest BCUT2D eigenvalue weighted by atomic mass is 32.2. The maximum Gasteiger partial charge on any atom is 0.240 e. The van der Waals surface area contributed by atoms with E-state index in [1.807, 2.05) is 0 Å². The molecule has 1 aromatic rings. The van der Waals surface area contributed by atoms with E-state index in [1.54, 1.807) is 17.9 Å². The summed E-state index contributed by atoms with van der Waals surface area (Å²) in [5.74, 6) is 0.302. The molecule has 1 fully saturated rings. The van der Waals surface area contributed by atoms with Gasteiger partial charge in [-0.05, 0) is 6.92 Å². The van der Waals surface area contributed by atoms with E-state index in [0.29, 0.717) is 24.7 Å². The molecule has 0 spiro atoms. The van der Waals surface area contributed by atoms with Crippen LogP contribution in [-0.2, 0) is 14.6 Å². The number of carbonyl (C=O) groups is 1. The van der Waals surface area contributed by atoms with Gasteiger partial charge in [-0.25, -0.2) is 8.42 Å². The van der Waals surface area contributed by atoms with E-state index in [0.717, 1.165) is 0 Å². The van der Waals surface area contributed by atoms with Gasteiger partial charge in [0.1, 0.15) is 0 Å². The number of anilines is 1. The van der Waals surface area contributed by atoms with E-state index >= 15 is 0 Å². The van der Waals surface area contributed by atoms with Crippen LogP contribution >= 0.6 is 0 Å². The molecule has 1 aromatic heterocycles. The van der Waals surface area contributed by atoms with E-state index in [-0.39, 0.29) is 24.0 Å². The molecule has 0 radical (unpaired) electrons. The second-order valence-electron chi connectivity index (χ2n) is 4.31. The molecule has 18 heavy (non-hydrogen) atoms. The number of aryl methyl sites for hydroxylation is 1. The lowest BCUT2D eigenvalue weighted by molar-refractivity contribution is -0.117. The third-order valence-electron chi connectivity index (χ3n) is 2.69. The number of hydrogen-bond donors (Lipinski definition) is 1. The van der Waals surface area contributed by atoms with Gasteiger partial charge >= 0.3 is 0 Å². The molecule has 2 rings (SSSR count). The fraction of sp³-hybridized carbons (Fsp3) is 0.600. The standard InChI is InChI=1S/C10H15N3O4S/c1-8-6-10(17-12-8)11-9(14)7-13-2-4-18(15,16)5-3-13/h6H,2-5,7H2,1H3,(H,11,14). The van der Waals surface area contributed by atoms with Crippen LogP contribution in [0.1, 0.15) is 5.69 Å². The van der Waals surface area contributed by atoms with E-state index in [4.69, 9.17) is 4.52 Å². The lowest BCUT2D eigenvalue weighted by Gasteiger charge is -2.25. The summed E-state index contributed by atoms with van der Waals surface area (Å²) in [4.78, 5) is 13.5. The molecule has 1 N–H and O–H groups in total. The van der Waals surface area contributed by atoms with Gasteiger partial charge in [0.25, 0.3) is 0 Å². The maximum atomic E-state index is 11.7. The first kappa shape index (κ1) is 13.0. The van der Waals surface area contributed by atoms with E-state index in [1.165, 1.54) is 0 Å². The normalized spacial score (nSPS) is 19.6. The third kappa shape index (κ3) is 3.54. The fourth-order valence-electron chi connectivity index (χ4n) is 1.71. The summed E-state index contributed by atoms with van der Waals surface area (Å²) in [5, 5.41) is 6.22. The number of hydrogen-bond acceptors (Lipinski definition) is 6. The molecular weight excluding hydrogens is 258 g/mol. The van der Waals surface area contributed by atoms with Gasteiger partial charge in [0.15, 0.2) is 9.84 Å². The average molecular weight is 273 g/mol. The van der Waals surface area contributed by atoms with Crippen LogP contribution in [0.25, 0.3) is 0 Å². The van der Waals surface area contributed by atoms with Gasteiger partial charge in [-0.2, -0.15) is 0 Å². The van der Waals surface area contributed by atoms with Crippen LogP contribution in [0.2, 0.25) is 0 Å².